The van der Waals surface area contributed by atoms with E-state index in [0.29, 0.717) is 17.4 Å². The van der Waals surface area contributed by atoms with Gasteiger partial charge < -0.3 is 28.8 Å². The number of unbranched alkanes of at least 4 members (excludes halogenated alkanes) is 35. The maximum Gasteiger partial charge on any atom is 0.268 e. The molecule has 0 rings (SSSR count). The number of allylic oxidation sites excluding steroid dienone is 23. The van der Waals surface area contributed by atoms with Gasteiger partial charge in [-0.25, -0.2) is 0 Å². The van der Waals surface area contributed by atoms with Crippen LogP contribution in [0.3, 0.4) is 0 Å². The largest absolute Gasteiger partial charge is 0.756 e. The van der Waals surface area contributed by atoms with Crippen molar-refractivity contribution in [2.45, 2.75) is 341 Å². The fourth-order valence-corrected chi connectivity index (χ4v) is 11.6. The second kappa shape index (κ2) is 72.6. The van der Waals surface area contributed by atoms with E-state index in [4.69, 9.17) is 9.05 Å². The zero-order valence-corrected chi connectivity index (χ0v) is 62.1. The number of phosphoric acid groups is 1. The number of nitrogens with zero attached hydrogens (tertiary/aromatic N) is 1. The summed E-state index contributed by atoms with van der Waals surface area (Å²) in [4.78, 5) is 25.7. The van der Waals surface area contributed by atoms with Crippen molar-refractivity contribution in [3.8, 4) is 0 Å². The number of carbonyl (C=O) groups excluding carboxylic acids is 1. The van der Waals surface area contributed by atoms with Gasteiger partial charge in [0.2, 0.25) is 5.91 Å². The second-order valence-electron chi connectivity index (χ2n) is 27.0. The van der Waals surface area contributed by atoms with E-state index in [1.807, 2.05) is 27.2 Å². The van der Waals surface area contributed by atoms with E-state index in [1.165, 1.54) is 180 Å². The van der Waals surface area contributed by atoms with E-state index in [1.54, 1.807) is 6.08 Å². The van der Waals surface area contributed by atoms with Crippen LogP contribution in [-0.2, 0) is 18.4 Å². The lowest BCUT2D eigenvalue weighted by Gasteiger charge is -2.29. The Morgan fingerprint density at radius 2 is 0.656 bits per heavy atom. The molecule has 3 atom stereocenters. The SMILES string of the molecule is CC/C=C\C/C=C\C/C=C\C/C=C\C/C=C\C/C=C\C/C=C\C/C=C\C/C=C\C/C=C\C/C=C\CCCCCCCC(=O)NC(COP(=O)([O-])OCC[N+](C)(C)C)C(O)/C=C/CCCCCCCCCCCCCCCCCCCCCCCCCCCCCCCC. The molecule has 0 saturated carbocycles. The Balaban J connectivity index is 4.14. The molecule has 0 aliphatic rings. The van der Waals surface area contributed by atoms with Gasteiger partial charge >= 0.3 is 0 Å². The number of nitrogens with one attached hydrogen (secondary N) is 1. The van der Waals surface area contributed by atoms with Crippen molar-refractivity contribution in [3.63, 3.8) is 0 Å². The number of likely N-dealkylation sites (N-methyl/N-ethyl adjacent to an activating group) is 1. The predicted molar refractivity (Wildman–Crippen MR) is 408 cm³/mol. The van der Waals surface area contributed by atoms with Gasteiger partial charge in [-0.15, -0.1) is 0 Å². The second-order valence-corrected chi connectivity index (χ2v) is 28.4. The lowest BCUT2D eigenvalue weighted by molar-refractivity contribution is -0.870. The molecule has 1 amide bonds. The molecule has 9 heteroatoms. The molecule has 0 aromatic heterocycles. The van der Waals surface area contributed by atoms with Crippen LogP contribution in [0.5, 0.6) is 0 Å². The van der Waals surface area contributed by atoms with Crippen LogP contribution in [0.15, 0.2) is 146 Å². The van der Waals surface area contributed by atoms with Crippen LogP contribution in [0, 0.1) is 0 Å². The molecule has 0 radical (unpaired) electrons. The van der Waals surface area contributed by atoms with Crippen molar-refractivity contribution < 1.29 is 32.9 Å². The molecule has 93 heavy (non-hydrogen) atoms. The highest BCUT2D eigenvalue weighted by molar-refractivity contribution is 7.45. The van der Waals surface area contributed by atoms with E-state index >= 15 is 0 Å². The maximum atomic E-state index is 13.1. The Hall–Kier alpha value is -3.62. The number of rotatable bonds is 70. The van der Waals surface area contributed by atoms with Crippen molar-refractivity contribution >= 4 is 13.7 Å². The standard InChI is InChI=1S/C84H147N2O6P/c1-6-8-10-12-14-16-18-20-22-24-26-28-30-32-34-36-38-40-41-42-43-44-45-46-48-50-52-54-56-58-60-62-64-66-68-70-72-74-76-78-84(88)85-82(81-92-93(89,90)91-80-79-86(3,4)5)83(87)77-75-73-71-69-67-65-63-61-59-57-55-53-51-49-47-39-37-35-33-31-29-27-25-23-21-19-17-15-13-11-9-7-2/h8,10,14,16,20,22,26,28,32,34,38,40,42-43,45-46,50,52,56,58,62,64,75,77,82-83,87H,6-7,9,11-13,15,17-19,21,23-25,27,29-31,33,35-37,39,41,44,47-49,51,53-55,57,59-61,63,65-74,76,78-81H2,1-5H3,(H-,85,88,89,90)/b10-8-,16-14-,22-20-,28-26-,34-32-,40-38-,43-42-,46-45-,52-50-,58-56-,64-62-,77-75+. The van der Waals surface area contributed by atoms with Crippen LogP contribution in [0.25, 0.3) is 0 Å². The summed E-state index contributed by atoms with van der Waals surface area (Å²) in [7, 11) is 1.24. The number of aliphatic hydroxyl groups excluding tert-OH is 1. The summed E-state index contributed by atoms with van der Waals surface area (Å²) in [6.45, 7) is 4.54. The van der Waals surface area contributed by atoms with Gasteiger partial charge in [-0.3, -0.25) is 9.36 Å². The molecule has 3 unspecified atom stereocenters. The molecule has 0 heterocycles. The van der Waals surface area contributed by atoms with Crippen molar-refractivity contribution in [1.29, 1.82) is 0 Å². The van der Waals surface area contributed by atoms with Gasteiger partial charge in [0.05, 0.1) is 39.9 Å². The molecule has 0 fully saturated rings. The third-order valence-electron chi connectivity index (χ3n) is 16.8. The van der Waals surface area contributed by atoms with Gasteiger partial charge in [-0.2, -0.15) is 0 Å². The van der Waals surface area contributed by atoms with Gasteiger partial charge in [-0.05, 0) is 103 Å². The number of hydrogen-bond donors (Lipinski definition) is 2. The molecule has 534 valence electrons. The minimum atomic E-state index is -4.62. The summed E-state index contributed by atoms with van der Waals surface area (Å²) in [5.74, 6) is -0.218. The van der Waals surface area contributed by atoms with E-state index < -0.39 is 26.6 Å². The van der Waals surface area contributed by atoms with Gasteiger partial charge in [0, 0.05) is 6.42 Å². The molecule has 2 N–H and O–H groups in total. The number of quaternary nitrogens is 1. The molecule has 0 bridgehead atoms. The third-order valence-corrected chi connectivity index (χ3v) is 17.8. The van der Waals surface area contributed by atoms with E-state index in [0.717, 1.165) is 128 Å². The van der Waals surface area contributed by atoms with Crippen LogP contribution < -0.4 is 10.2 Å². The van der Waals surface area contributed by atoms with Gasteiger partial charge in [0.25, 0.3) is 7.82 Å². The summed E-state index contributed by atoms with van der Waals surface area (Å²) in [5, 5.41) is 14.0. The molecule has 0 aromatic rings. The molecule has 0 aliphatic heterocycles. The molecule has 0 aliphatic carbocycles. The van der Waals surface area contributed by atoms with Crippen LogP contribution >= 0.6 is 7.82 Å². The predicted octanol–water partition coefficient (Wildman–Crippen LogP) is 24.9. The maximum absolute atomic E-state index is 13.1. The van der Waals surface area contributed by atoms with E-state index in [2.05, 4.69) is 153 Å². The Labute approximate surface area is 576 Å². The fraction of sp³-hybridized carbons (Fsp3) is 0.702. The number of phosphoric ester groups is 1. The number of carbonyl (C=O) groups is 1. The number of hydrogen-bond acceptors (Lipinski definition) is 6. The Morgan fingerprint density at radius 3 is 0.957 bits per heavy atom. The normalized spacial score (nSPS) is 14.4. The highest BCUT2D eigenvalue weighted by Crippen LogP contribution is 2.38. The molecular weight excluding hydrogens is 1160 g/mol. The molecule has 0 spiro atoms. The van der Waals surface area contributed by atoms with Crippen molar-refractivity contribution in [2.75, 3.05) is 40.9 Å². The van der Waals surface area contributed by atoms with Crippen LogP contribution in [0.2, 0.25) is 0 Å². The first-order valence-corrected chi connectivity index (χ1v) is 40.2. The molecule has 8 nitrogen and oxygen atoms in total. The first-order chi connectivity index (χ1) is 45.5. The topological polar surface area (TPSA) is 108 Å². The monoisotopic (exact) mass is 1310 g/mol. The molecule has 0 saturated heterocycles. The summed E-state index contributed by atoms with van der Waals surface area (Å²) in [5.41, 5.74) is 0. The number of amides is 1. The minimum absolute atomic E-state index is 0.0120. The first kappa shape index (κ1) is 89.4. The van der Waals surface area contributed by atoms with E-state index in [9.17, 15) is 19.4 Å². The van der Waals surface area contributed by atoms with Crippen LogP contribution in [-0.4, -0.2) is 68.5 Å². The van der Waals surface area contributed by atoms with Crippen LogP contribution in [0.1, 0.15) is 328 Å². The lowest BCUT2D eigenvalue weighted by Crippen LogP contribution is -2.45. The highest BCUT2D eigenvalue weighted by Gasteiger charge is 2.23. The smallest absolute Gasteiger partial charge is 0.268 e. The van der Waals surface area contributed by atoms with Gasteiger partial charge in [0.15, 0.2) is 0 Å². The third kappa shape index (κ3) is 75.6. The van der Waals surface area contributed by atoms with Crippen LogP contribution in [0.4, 0.5) is 0 Å². The Morgan fingerprint density at radius 1 is 0.387 bits per heavy atom. The highest BCUT2D eigenvalue weighted by atomic mass is 31.2. The Bertz CT molecular complexity index is 2030. The zero-order valence-electron chi connectivity index (χ0n) is 61.2. The molecular formula is C84H147N2O6P. The Kier molecular flexibility index (Phi) is 69.8. The zero-order chi connectivity index (χ0) is 67.6. The van der Waals surface area contributed by atoms with Crippen molar-refractivity contribution in [3.05, 3.63) is 146 Å². The summed E-state index contributed by atoms with van der Waals surface area (Å²) in [6, 6.07) is -0.910. The van der Waals surface area contributed by atoms with Crippen molar-refractivity contribution in [2.24, 2.45) is 0 Å². The summed E-state index contributed by atoms with van der Waals surface area (Å²) >= 11 is 0. The summed E-state index contributed by atoms with van der Waals surface area (Å²) in [6.07, 6.45) is 111. The fourth-order valence-electron chi connectivity index (χ4n) is 10.9. The van der Waals surface area contributed by atoms with E-state index in [-0.39, 0.29) is 12.5 Å². The number of aliphatic hydroxyl groups is 1. The lowest BCUT2D eigenvalue weighted by atomic mass is 10.0. The van der Waals surface area contributed by atoms with Gasteiger partial charge in [0.1, 0.15) is 13.2 Å². The average Bonchev–Trinajstić information content (AvgIpc) is 1.94. The van der Waals surface area contributed by atoms with Crippen molar-refractivity contribution in [1.82, 2.24) is 5.32 Å². The van der Waals surface area contributed by atoms with Gasteiger partial charge in [-0.1, -0.05) is 365 Å². The minimum Gasteiger partial charge on any atom is -0.756 e. The molecule has 0 aromatic carbocycles. The quantitative estimate of drug-likeness (QED) is 0.0272. The summed E-state index contributed by atoms with van der Waals surface area (Å²) < 4.78 is 23.5. The average molecular weight is 1310 g/mol. The first-order valence-electron chi connectivity index (χ1n) is 38.7.